The number of benzene rings is 3. The third kappa shape index (κ3) is 5.25. The summed E-state index contributed by atoms with van der Waals surface area (Å²) in [5.41, 5.74) is 1.04. The topological polar surface area (TPSA) is 71.3 Å². The number of quaternary nitrogens is 1. The van der Waals surface area contributed by atoms with E-state index in [1.54, 1.807) is 16.4 Å². The van der Waals surface area contributed by atoms with E-state index in [1.807, 2.05) is 55.5 Å². The Labute approximate surface area is 183 Å². The lowest BCUT2D eigenvalue weighted by Crippen LogP contribution is -3.15. The lowest BCUT2D eigenvalue weighted by molar-refractivity contribution is -0.906. The van der Waals surface area contributed by atoms with Gasteiger partial charge in [-0.3, -0.25) is 0 Å². The highest BCUT2D eigenvalue weighted by Crippen LogP contribution is 2.20. The van der Waals surface area contributed by atoms with E-state index in [-0.39, 0.29) is 6.61 Å². The second-order valence-corrected chi connectivity index (χ2v) is 10.1. The molecule has 31 heavy (non-hydrogen) atoms. The molecule has 0 bridgehead atoms. The molecule has 2 N–H and O–H groups in total. The number of aliphatic hydroxyl groups excluding tert-OH is 1. The van der Waals surface area contributed by atoms with Crippen molar-refractivity contribution >= 4 is 20.8 Å². The van der Waals surface area contributed by atoms with Crippen LogP contribution in [0.5, 0.6) is 5.75 Å². The fourth-order valence-electron chi connectivity index (χ4n) is 3.95. The molecule has 0 unspecified atom stereocenters. The van der Waals surface area contributed by atoms with Crippen molar-refractivity contribution in [2.45, 2.75) is 17.9 Å². The van der Waals surface area contributed by atoms with Gasteiger partial charge in [0.05, 0.1) is 31.1 Å². The minimum atomic E-state index is -3.46. The van der Waals surface area contributed by atoms with Gasteiger partial charge < -0.3 is 14.7 Å². The van der Waals surface area contributed by atoms with E-state index in [2.05, 4.69) is 6.07 Å². The lowest BCUT2D eigenvalue weighted by atomic mass is 10.1. The second-order valence-electron chi connectivity index (χ2n) is 8.15. The number of piperazine rings is 1. The molecule has 0 saturated carbocycles. The molecule has 1 aliphatic rings. The Morgan fingerprint density at radius 1 is 1.00 bits per heavy atom. The number of fused-ring (bicyclic) bond motifs is 1. The largest absolute Gasteiger partial charge is 0.491 e. The molecule has 0 spiro atoms. The third-order valence-corrected chi connectivity index (χ3v) is 7.69. The molecular formula is C24H29N2O4S+. The van der Waals surface area contributed by atoms with Crippen molar-refractivity contribution in [1.82, 2.24) is 4.31 Å². The summed E-state index contributed by atoms with van der Waals surface area (Å²) in [5.74, 6) is 0.738. The molecule has 0 aromatic heterocycles. The fraction of sp³-hybridized carbons (Fsp3) is 0.333. The zero-order valence-electron chi connectivity index (χ0n) is 17.7. The van der Waals surface area contributed by atoms with E-state index in [0.717, 1.165) is 22.1 Å². The second kappa shape index (κ2) is 9.36. The van der Waals surface area contributed by atoms with Gasteiger partial charge in [-0.2, -0.15) is 4.31 Å². The van der Waals surface area contributed by atoms with Crippen LogP contribution in [0.25, 0.3) is 10.8 Å². The van der Waals surface area contributed by atoms with Crippen molar-refractivity contribution in [2.75, 3.05) is 39.3 Å². The van der Waals surface area contributed by atoms with Crippen LogP contribution in [0.2, 0.25) is 0 Å². The van der Waals surface area contributed by atoms with Crippen molar-refractivity contribution in [3.05, 3.63) is 72.3 Å². The number of nitrogens with zero attached hydrogens (tertiary/aromatic N) is 1. The van der Waals surface area contributed by atoms with Gasteiger partial charge in [-0.05, 0) is 42.0 Å². The molecule has 0 radical (unpaired) electrons. The summed E-state index contributed by atoms with van der Waals surface area (Å²) >= 11 is 0. The van der Waals surface area contributed by atoms with Crippen molar-refractivity contribution in [3.8, 4) is 5.75 Å². The van der Waals surface area contributed by atoms with Gasteiger partial charge in [-0.25, -0.2) is 8.42 Å². The van der Waals surface area contributed by atoms with Gasteiger partial charge in [0.15, 0.2) is 0 Å². The Morgan fingerprint density at radius 3 is 2.39 bits per heavy atom. The van der Waals surface area contributed by atoms with Gasteiger partial charge in [0.1, 0.15) is 25.0 Å². The van der Waals surface area contributed by atoms with Crippen molar-refractivity contribution in [3.63, 3.8) is 0 Å². The Morgan fingerprint density at radius 2 is 1.68 bits per heavy atom. The predicted molar refractivity (Wildman–Crippen MR) is 121 cm³/mol. The number of hydrogen-bond acceptors (Lipinski definition) is 4. The molecule has 1 aliphatic heterocycles. The van der Waals surface area contributed by atoms with E-state index in [1.165, 1.54) is 4.90 Å². The van der Waals surface area contributed by atoms with Gasteiger partial charge in [0, 0.05) is 0 Å². The van der Waals surface area contributed by atoms with Crippen molar-refractivity contribution in [2.24, 2.45) is 0 Å². The van der Waals surface area contributed by atoms with Crippen LogP contribution in [0.1, 0.15) is 5.56 Å². The fourth-order valence-corrected chi connectivity index (χ4v) is 5.39. The maximum Gasteiger partial charge on any atom is 0.243 e. The Hall–Kier alpha value is -2.45. The summed E-state index contributed by atoms with van der Waals surface area (Å²) in [4.78, 5) is 1.52. The smallest absolute Gasteiger partial charge is 0.243 e. The third-order valence-electron chi connectivity index (χ3n) is 5.78. The number of nitrogens with one attached hydrogen (secondary N) is 1. The summed E-state index contributed by atoms with van der Waals surface area (Å²) < 4.78 is 33.0. The Bertz CT molecular complexity index is 1120. The van der Waals surface area contributed by atoms with Crippen LogP contribution in [0.15, 0.2) is 71.6 Å². The van der Waals surface area contributed by atoms with Gasteiger partial charge in [0.2, 0.25) is 10.0 Å². The molecule has 0 aliphatic carbocycles. The maximum atomic E-state index is 12.8. The molecule has 4 rings (SSSR count). The molecular weight excluding hydrogens is 412 g/mol. The van der Waals surface area contributed by atoms with Crippen molar-refractivity contribution < 1.29 is 23.2 Å². The highest BCUT2D eigenvalue weighted by molar-refractivity contribution is 7.89. The molecule has 7 heteroatoms. The van der Waals surface area contributed by atoms with E-state index in [0.29, 0.717) is 37.6 Å². The summed E-state index contributed by atoms with van der Waals surface area (Å²) in [6.07, 6.45) is -0.610. The minimum Gasteiger partial charge on any atom is -0.491 e. The first-order chi connectivity index (χ1) is 14.9. The van der Waals surface area contributed by atoms with Crippen LogP contribution in [-0.2, 0) is 10.0 Å². The van der Waals surface area contributed by atoms with Crippen LogP contribution in [0, 0.1) is 6.92 Å². The van der Waals surface area contributed by atoms with E-state index < -0.39 is 16.1 Å². The molecule has 3 aromatic rings. The van der Waals surface area contributed by atoms with Crippen LogP contribution >= 0.6 is 0 Å². The maximum absolute atomic E-state index is 12.8. The molecule has 1 atom stereocenters. The molecule has 6 nitrogen and oxygen atoms in total. The Balaban J connectivity index is 1.26. The highest BCUT2D eigenvalue weighted by atomic mass is 32.2. The summed E-state index contributed by atoms with van der Waals surface area (Å²) in [6, 6.07) is 20.9. The first-order valence-corrected chi connectivity index (χ1v) is 12.1. The molecule has 1 saturated heterocycles. The molecule has 164 valence electrons. The molecule has 1 heterocycles. The Kier molecular flexibility index (Phi) is 6.57. The van der Waals surface area contributed by atoms with Gasteiger partial charge in [-0.1, -0.05) is 48.0 Å². The number of aryl methyl sites for hydroxylation is 1. The zero-order valence-corrected chi connectivity index (χ0v) is 18.5. The van der Waals surface area contributed by atoms with Crippen LogP contribution < -0.4 is 9.64 Å². The van der Waals surface area contributed by atoms with Gasteiger partial charge in [-0.15, -0.1) is 0 Å². The van der Waals surface area contributed by atoms with E-state index in [4.69, 9.17) is 4.74 Å². The SMILES string of the molecule is Cc1ccc(S(=O)(=O)N2CC[NH+](C[C@H](O)COc3ccc4ccccc4c3)CC2)cc1. The zero-order chi connectivity index (χ0) is 21.8. The van der Waals surface area contributed by atoms with E-state index >= 15 is 0 Å². The minimum absolute atomic E-state index is 0.215. The molecule has 0 amide bonds. The van der Waals surface area contributed by atoms with Crippen LogP contribution in [-0.4, -0.2) is 63.3 Å². The summed E-state index contributed by atoms with van der Waals surface area (Å²) in [6.45, 7) is 4.91. The number of rotatable bonds is 7. The monoisotopic (exact) mass is 441 g/mol. The first kappa shape index (κ1) is 21.8. The standard InChI is InChI=1S/C24H28N2O4S/c1-19-6-10-24(11-7-19)31(28,29)26-14-12-25(13-15-26)17-22(27)18-30-23-9-8-20-4-2-3-5-21(20)16-23/h2-11,16,22,27H,12-15,17-18H2,1H3/p+1/t22-/m0/s1. The molecule has 1 fully saturated rings. The number of hydrogen-bond donors (Lipinski definition) is 2. The summed E-state index contributed by atoms with van der Waals surface area (Å²) in [5, 5.41) is 12.7. The number of aliphatic hydroxyl groups is 1. The first-order valence-electron chi connectivity index (χ1n) is 10.6. The van der Waals surface area contributed by atoms with Gasteiger partial charge >= 0.3 is 0 Å². The quantitative estimate of drug-likeness (QED) is 0.583. The lowest BCUT2D eigenvalue weighted by Gasteiger charge is -2.32. The predicted octanol–water partition coefficient (Wildman–Crippen LogP) is 1.48. The number of ether oxygens (including phenoxy) is 1. The average Bonchev–Trinajstić information content (AvgIpc) is 2.78. The van der Waals surface area contributed by atoms with E-state index in [9.17, 15) is 13.5 Å². The van der Waals surface area contributed by atoms with Gasteiger partial charge in [0.25, 0.3) is 0 Å². The van der Waals surface area contributed by atoms with Crippen LogP contribution in [0.4, 0.5) is 0 Å². The average molecular weight is 442 g/mol. The number of sulfonamides is 1. The molecule has 3 aromatic carbocycles. The van der Waals surface area contributed by atoms with Crippen molar-refractivity contribution in [1.29, 1.82) is 0 Å². The summed E-state index contributed by atoms with van der Waals surface area (Å²) in [7, 11) is -3.46. The normalized spacial score (nSPS) is 17.0. The van der Waals surface area contributed by atoms with Crippen LogP contribution in [0.3, 0.4) is 0 Å². The highest BCUT2D eigenvalue weighted by Gasteiger charge is 2.31.